The number of aliphatic hydroxyl groups is 1. The summed E-state index contributed by atoms with van der Waals surface area (Å²) in [5.74, 6) is 0. The maximum absolute atomic E-state index is 9.27. The second-order valence-corrected chi connectivity index (χ2v) is 3.03. The minimum Gasteiger partial charge on any atom is -1.00 e. The summed E-state index contributed by atoms with van der Waals surface area (Å²) in [6.07, 6.45) is 6.66. The minimum atomic E-state index is -0.494. The predicted octanol–water partition coefficient (Wildman–Crippen LogP) is -2.58. The van der Waals surface area contributed by atoms with Crippen molar-refractivity contribution in [1.82, 2.24) is 4.90 Å². The van der Waals surface area contributed by atoms with Gasteiger partial charge in [0.1, 0.15) is 6.23 Å². The molecule has 0 amide bonds. The van der Waals surface area contributed by atoms with E-state index in [9.17, 15) is 5.11 Å². The molecule has 15 heavy (non-hydrogen) atoms. The first-order valence-electron chi connectivity index (χ1n) is 4.13. The summed E-state index contributed by atoms with van der Waals surface area (Å²) in [5, 5.41) is 9.27. The van der Waals surface area contributed by atoms with Gasteiger partial charge >= 0.3 is 25.2 Å². The Morgan fingerprint density at radius 3 is 2.27 bits per heavy atom. The molecule has 6 heteroatoms. The van der Waals surface area contributed by atoms with Crippen molar-refractivity contribution in [2.45, 2.75) is 19.2 Å². The smallest absolute Gasteiger partial charge is 1.00 e. The summed E-state index contributed by atoms with van der Waals surface area (Å²) in [7, 11) is 1.82. The number of likely N-dealkylation sites (N-methyl/N-ethyl adjacent to an activating group) is 1. The molecule has 1 rings (SSSR count). The van der Waals surface area contributed by atoms with Crippen molar-refractivity contribution < 1.29 is 41.8 Å². The summed E-state index contributed by atoms with van der Waals surface area (Å²) < 4.78 is 0. The largest absolute Gasteiger partial charge is 2.00 e. The van der Waals surface area contributed by atoms with Crippen LogP contribution in [0, 0.1) is 0 Å². The molecular weight excluding hydrogens is 267 g/mol. The molecule has 0 saturated carbocycles. The Morgan fingerprint density at radius 1 is 1.47 bits per heavy atom. The average molecular weight is 280 g/mol. The SMILES string of the molecule is CC(O)N(C)C1C=CC(=[N+]=[N-])C=C1.[Cl-].[Zn+2]. The zero-order valence-electron chi connectivity index (χ0n) is 8.84. The summed E-state index contributed by atoms with van der Waals surface area (Å²) in [4.78, 5) is 4.84. The van der Waals surface area contributed by atoms with E-state index in [1.165, 1.54) is 0 Å². The molecule has 0 aliphatic heterocycles. The van der Waals surface area contributed by atoms with Gasteiger partial charge in [-0.15, -0.1) is 0 Å². The molecule has 1 aliphatic carbocycles. The Balaban J connectivity index is 0. The third-order valence-corrected chi connectivity index (χ3v) is 2.10. The first-order valence-corrected chi connectivity index (χ1v) is 4.13. The summed E-state index contributed by atoms with van der Waals surface area (Å²) >= 11 is 0. The molecule has 78 valence electrons. The van der Waals surface area contributed by atoms with Crippen LogP contribution in [0.2, 0.25) is 0 Å². The average Bonchev–Trinajstić information content (AvgIpc) is 2.17. The van der Waals surface area contributed by atoms with Gasteiger partial charge in [-0.2, -0.15) is 4.79 Å². The Labute approximate surface area is 108 Å². The summed E-state index contributed by atoms with van der Waals surface area (Å²) in [6, 6.07) is 0.0606. The van der Waals surface area contributed by atoms with Crippen molar-refractivity contribution >= 4 is 5.71 Å². The molecule has 0 bridgehead atoms. The minimum absolute atomic E-state index is 0. The molecule has 1 aliphatic rings. The van der Waals surface area contributed by atoms with Gasteiger partial charge in [0.15, 0.2) is 0 Å². The summed E-state index contributed by atoms with van der Waals surface area (Å²) in [5.41, 5.74) is 8.97. The molecule has 1 unspecified atom stereocenters. The van der Waals surface area contributed by atoms with E-state index in [0.717, 1.165) is 0 Å². The number of halogens is 1. The van der Waals surface area contributed by atoms with E-state index in [-0.39, 0.29) is 37.9 Å². The monoisotopic (exact) mass is 278 g/mol. The van der Waals surface area contributed by atoms with Crippen molar-refractivity contribution in [3.8, 4) is 0 Å². The Morgan fingerprint density at radius 2 is 1.93 bits per heavy atom. The standard InChI is InChI=1S/C9H13N3O.ClH.Zn/c1-7(13)12(2)9-5-3-8(11-10)4-6-9;;/h3-7,9,13H,1-2H3;1H;/q;;+2/p-1. The second kappa shape index (κ2) is 7.92. The van der Waals surface area contributed by atoms with Crippen LogP contribution in [0.25, 0.3) is 5.53 Å². The van der Waals surface area contributed by atoms with Crippen LogP contribution >= 0.6 is 0 Å². The molecule has 0 spiro atoms. The van der Waals surface area contributed by atoms with Crippen LogP contribution in [-0.4, -0.2) is 39.8 Å². The van der Waals surface area contributed by atoms with E-state index in [4.69, 9.17) is 5.53 Å². The number of hydrogen-bond acceptors (Lipinski definition) is 2. The fourth-order valence-corrected chi connectivity index (χ4v) is 1.10. The summed E-state index contributed by atoms with van der Waals surface area (Å²) in [6.45, 7) is 1.71. The maximum atomic E-state index is 9.27. The molecule has 0 fully saturated rings. The van der Waals surface area contributed by atoms with E-state index in [0.29, 0.717) is 5.71 Å². The molecule has 4 nitrogen and oxygen atoms in total. The Kier molecular flexibility index (Phi) is 9.03. The fraction of sp³-hybridized carbons (Fsp3) is 0.444. The van der Waals surface area contributed by atoms with E-state index >= 15 is 0 Å². The molecule has 1 N–H and O–H groups in total. The van der Waals surface area contributed by atoms with Crippen molar-refractivity contribution in [3.63, 3.8) is 0 Å². The van der Waals surface area contributed by atoms with E-state index < -0.39 is 6.23 Å². The van der Waals surface area contributed by atoms with Gasteiger partial charge in [0.25, 0.3) is 0 Å². The van der Waals surface area contributed by atoms with E-state index in [2.05, 4.69) is 4.79 Å². The van der Waals surface area contributed by atoms with Crippen LogP contribution in [0.1, 0.15) is 6.92 Å². The van der Waals surface area contributed by atoms with Gasteiger partial charge in [-0.1, -0.05) is 12.2 Å². The van der Waals surface area contributed by atoms with Crippen LogP contribution in [0.4, 0.5) is 0 Å². The van der Waals surface area contributed by atoms with Gasteiger partial charge in [0, 0.05) is 18.2 Å². The number of allylic oxidation sites excluding steroid dienone is 2. The molecule has 1 atom stereocenters. The van der Waals surface area contributed by atoms with Gasteiger partial charge < -0.3 is 23.0 Å². The van der Waals surface area contributed by atoms with Crippen molar-refractivity contribution in [2.24, 2.45) is 0 Å². The normalized spacial score (nSPS) is 20.3. The first kappa shape index (κ1) is 17.1. The van der Waals surface area contributed by atoms with Crippen LogP contribution in [0.15, 0.2) is 24.3 Å². The van der Waals surface area contributed by atoms with E-state index in [1.807, 2.05) is 19.2 Å². The molecule has 0 saturated heterocycles. The van der Waals surface area contributed by atoms with Gasteiger partial charge in [-0.05, 0) is 14.0 Å². The third-order valence-electron chi connectivity index (χ3n) is 2.10. The molecule has 0 aromatic rings. The number of nitrogens with zero attached hydrogens (tertiary/aromatic N) is 3. The van der Waals surface area contributed by atoms with Crippen LogP contribution < -0.4 is 12.4 Å². The maximum Gasteiger partial charge on any atom is 2.00 e. The molecule has 0 aromatic heterocycles. The number of hydrogen-bond donors (Lipinski definition) is 1. The van der Waals surface area contributed by atoms with E-state index in [1.54, 1.807) is 24.0 Å². The van der Waals surface area contributed by atoms with Crippen LogP contribution in [0.5, 0.6) is 0 Å². The third kappa shape index (κ3) is 4.83. The quantitative estimate of drug-likeness (QED) is 0.261. The van der Waals surface area contributed by atoms with Crippen molar-refractivity contribution in [1.29, 1.82) is 0 Å². The van der Waals surface area contributed by atoms with Gasteiger partial charge in [0.2, 0.25) is 0 Å². The van der Waals surface area contributed by atoms with Gasteiger partial charge in [-0.3, -0.25) is 4.90 Å². The molecule has 0 radical (unpaired) electrons. The second-order valence-electron chi connectivity index (χ2n) is 3.03. The number of rotatable bonds is 2. The Hall–Kier alpha value is -0.307. The van der Waals surface area contributed by atoms with Crippen molar-refractivity contribution in [3.05, 3.63) is 29.8 Å². The zero-order chi connectivity index (χ0) is 9.84. The molecule has 0 aromatic carbocycles. The van der Waals surface area contributed by atoms with Crippen molar-refractivity contribution in [2.75, 3.05) is 7.05 Å². The van der Waals surface area contributed by atoms with Crippen LogP contribution in [0.3, 0.4) is 0 Å². The van der Waals surface area contributed by atoms with Gasteiger partial charge in [0.05, 0.1) is 0 Å². The fourth-order valence-electron chi connectivity index (χ4n) is 1.10. The molecular formula is C9H13ClN3OZn+. The Bertz CT molecular complexity index is 282. The first-order chi connectivity index (χ1) is 6.15. The topological polar surface area (TPSA) is 59.9 Å². The zero-order valence-corrected chi connectivity index (χ0v) is 12.6. The van der Waals surface area contributed by atoms with Gasteiger partial charge in [-0.25, -0.2) is 0 Å². The molecule has 0 heterocycles. The predicted molar refractivity (Wildman–Crippen MR) is 50.1 cm³/mol. The van der Waals surface area contributed by atoms with Crippen LogP contribution in [-0.2, 0) is 19.5 Å². The number of aliphatic hydroxyl groups excluding tert-OH is 1.